The molecule has 0 spiro atoms. The van der Waals surface area contributed by atoms with Gasteiger partial charge in [-0.25, -0.2) is 22.7 Å². The smallest absolute Gasteiger partial charge is 0.340 e. The number of methoxy groups -OCH3 is 1. The van der Waals surface area contributed by atoms with Gasteiger partial charge >= 0.3 is 11.9 Å². The highest BCUT2D eigenvalue weighted by Crippen LogP contribution is 2.26. The van der Waals surface area contributed by atoms with Gasteiger partial charge in [0, 0.05) is 6.54 Å². The normalized spacial score (nSPS) is 13.0. The Kier molecular flexibility index (Phi) is 5.10. The van der Waals surface area contributed by atoms with Crippen LogP contribution in [-0.4, -0.2) is 50.3 Å². The molecule has 0 saturated carbocycles. The van der Waals surface area contributed by atoms with Crippen LogP contribution in [0.3, 0.4) is 0 Å². The fourth-order valence-corrected chi connectivity index (χ4v) is 3.16. The summed E-state index contributed by atoms with van der Waals surface area (Å²) in [4.78, 5) is 21.6. The molecule has 10 heteroatoms. The number of carboxylic acid groups (broad SMARTS) is 1. The van der Waals surface area contributed by atoms with E-state index in [2.05, 4.69) is 4.74 Å². The molecule has 0 fully saturated rings. The summed E-state index contributed by atoms with van der Waals surface area (Å²) in [5.74, 6) is -2.65. The Labute approximate surface area is 120 Å². The van der Waals surface area contributed by atoms with Crippen LogP contribution in [0.1, 0.15) is 21.9 Å². The molecule has 21 heavy (non-hydrogen) atoms. The van der Waals surface area contributed by atoms with Gasteiger partial charge < -0.3 is 19.4 Å². The molecule has 0 amide bonds. The summed E-state index contributed by atoms with van der Waals surface area (Å²) in [5, 5.41) is 18.4. The van der Waals surface area contributed by atoms with Crippen LogP contribution in [0.25, 0.3) is 0 Å². The number of carboxylic acids is 1. The third kappa shape index (κ3) is 3.60. The molecule has 0 aliphatic rings. The first kappa shape index (κ1) is 17.1. The summed E-state index contributed by atoms with van der Waals surface area (Å²) in [5.41, 5.74) is -0.493. The lowest BCUT2D eigenvalue weighted by Gasteiger charge is -2.10. The van der Waals surface area contributed by atoms with Crippen LogP contribution in [0.4, 0.5) is 0 Å². The van der Waals surface area contributed by atoms with E-state index in [4.69, 9.17) is 9.52 Å². The maximum atomic E-state index is 12.1. The zero-order chi connectivity index (χ0) is 16.4. The van der Waals surface area contributed by atoms with E-state index < -0.39 is 45.1 Å². The number of furan rings is 1. The van der Waals surface area contributed by atoms with Crippen molar-refractivity contribution in [3.63, 3.8) is 0 Å². The molecule has 0 aliphatic heterocycles. The fraction of sp³-hybridized carbons (Fsp3) is 0.455. The Morgan fingerprint density at radius 2 is 1.90 bits per heavy atom. The lowest BCUT2D eigenvalue weighted by molar-refractivity contribution is -0.149. The molecular weight excluding hydrogens is 306 g/mol. The zero-order valence-corrected chi connectivity index (χ0v) is 12.4. The van der Waals surface area contributed by atoms with Crippen molar-refractivity contribution in [2.75, 3.05) is 13.7 Å². The summed E-state index contributed by atoms with van der Waals surface area (Å²) in [6.45, 7) is 1.96. The summed E-state index contributed by atoms with van der Waals surface area (Å²) in [7, 11) is -3.24. The SMILES string of the molecule is COC(=O)C(O)CNS(=O)(=O)c1c(C)oc(C)c1C(=O)O. The van der Waals surface area contributed by atoms with Crippen LogP contribution >= 0.6 is 0 Å². The number of nitrogens with one attached hydrogen (secondary N) is 1. The first-order valence-corrected chi connectivity index (χ1v) is 7.19. The average Bonchev–Trinajstić information content (AvgIpc) is 2.70. The largest absolute Gasteiger partial charge is 0.478 e. The van der Waals surface area contributed by atoms with Crippen molar-refractivity contribution in [1.29, 1.82) is 0 Å². The van der Waals surface area contributed by atoms with E-state index in [1.165, 1.54) is 13.8 Å². The molecule has 118 valence electrons. The highest BCUT2D eigenvalue weighted by atomic mass is 32.2. The molecule has 3 N–H and O–H groups in total. The lowest BCUT2D eigenvalue weighted by atomic mass is 10.2. The second kappa shape index (κ2) is 6.24. The molecule has 0 aliphatic carbocycles. The second-order valence-electron chi connectivity index (χ2n) is 4.11. The molecule has 1 aromatic rings. The van der Waals surface area contributed by atoms with Crippen molar-refractivity contribution in [1.82, 2.24) is 4.72 Å². The van der Waals surface area contributed by atoms with E-state index in [-0.39, 0.29) is 11.5 Å². The second-order valence-corrected chi connectivity index (χ2v) is 5.82. The molecule has 1 aromatic heterocycles. The Morgan fingerprint density at radius 3 is 2.38 bits per heavy atom. The number of aryl methyl sites for hydroxylation is 2. The molecular formula is C11H15NO8S. The number of carbonyl (C=O) groups is 2. The predicted octanol–water partition coefficient (Wildman–Crippen LogP) is -0.593. The van der Waals surface area contributed by atoms with Crippen LogP contribution in [0.15, 0.2) is 9.31 Å². The third-order valence-corrected chi connectivity index (χ3v) is 4.20. The summed E-state index contributed by atoms with van der Waals surface area (Å²) < 4.78 is 35.4. The van der Waals surface area contributed by atoms with E-state index >= 15 is 0 Å². The fourth-order valence-electron chi connectivity index (χ4n) is 1.71. The van der Waals surface area contributed by atoms with Gasteiger partial charge in [0.15, 0.2) is 6.10 Å². The molecule has 0 radical (unpaired) electrons. The molecule has 1 unspecified atom stereocenters. The van der Waals surface area contributed by atoms with Gasteiger partial charge in [-0.1, -0.05) is 0 Å². The van der Waals surface area contributed by atoms with Crippen molar-refractivity contribution >= 4 is 22.0 Å². The number of esters is 1. The molecule has 1 atom stereocenters. The monoisotopic (exact) mass is 321 g/mol. The zero-order valence-electron chi connectivity index (χ0n) is 11.5. The van der Waals surface area contributed by atoms with Crippen molar-refractivity contribution in [2.45, 2.75) is 24.8 Å². The van der Waals surface area contributed by atoms with Crippen LogP contribution in [0.5, 0.6) is 0 Å². The van der Waals surface area contributed by atoms with Crippen LogP contribution in [0.2, 0.25) is 0 Å². The van der Waals surface area contributed by atoms with Gasteiger partial charge in [0.2, 0.25) is 10.0 Å². The number of aliphatic hydroxyl groups is 1. The Bertz CT molecular complexity index is 660. The summed E-state index contributed by atoms with van der Waals surface area (Å²) in [6.07, 6.45) is -1.70. The van der Waals surface area contributed by atoms with Gasteiger partial charge in [-0.15, -0.1) is 0 Å². The lowest BCUT2D eigenvalue weighted by Crippen LogP contribution is -2.37. The molecule has 9 nitrogen and oxygen atoms in total. The van der Waals surface area contributed by atoms with E-state index in [9.17, 15) is 23.1 Å². The Hall–Kier alpha value is -1.91. The molecule has 0 bridgehead atoms. The number of aromatic carboxylic acids is 1. The minimum Gasteiger partial charge on any atom is -0.478 e. The molecule has 0 saturated heterocycles. The first-order chi connectivity index (χ1) is 9.61. The topological polar surface area (TPSA) is 143 Å². The number of hydrogen-bond donors (Lipinski definition) is 3. The third-order valence-electron chi connectivity index (χ3n) is 2.63. The predicted molar refractivity (Wildman–Crippen MR) is 68.4 cm³/mol. The Balaban J connectivity index is 3.10. The Morgan fingerprint density at radius 1 is 1.33 bits per heavy atom. The number of sulfonamides is 1. The van der Waals surface area contributed by atoms with E-state index in [0.717, 1.165) is 7.11 Å². The number of aliphatic hydroxyl groups excluding tert-OH is 1. The maximum Gasteiger partial charge on any atom is 0.340 e. The highest BCUT2D eigenvalue weighted by molar-refractivity contribution is 7.89. The van der Waals surface area contributed by atoms with Crippen molar-refractivity contribution in [3.05, 3.63) is 17.1 Å². The van der Waals surface area contributed by atoms with Crippen molar-refractivity contribution in [2.24, 2.45) is 0 Å². The van der Waals surface area contributed by atoms with E-state index in [1.807, 2.05) is 4.72 Å². The summed E-state index contributed by atoms with van der Waals surface area (Å²) in [6, 6.07) is 0. The molecule has 0 aromatic carbocycles. The molecule has 1 heterocycles. The van der Waals surface area contributed by atoms with E-state index in [0.29, 0.717) is 0 Å². The average molecular weight is 321 g/mol. The van der Waals surface area contributed by atoms with Crippen LogP contribution < -0.4 is 4.72 Å². The number of hydrogen-bond acceptors (Lipinski definition) is 7. The quantitative estimate of drug-likeness (QED) is 0.590. The van der Waals surface area contributed by atoms with Crippen molar-refractivity contribution in [3.8, 4) is 0 Å². The van der Waals surface area contributed by atoms with Crippen LogP contribution in [0, 0.1) is 13.8 Å². The van der Waals surface area contributed by atoms with Gasteiger partial charge in [-0.3, -0.25) is 0 Å². The minimum atomic E-state index is -4.27. The van der Waals surface area contributed by atoms with Crippen LogP contribution in [-0.2, 0) is 19.6 Å². The van der Waals surface area contributed by atoms with Gasteiger partial charge in [-0.05, 0) is 13.8 Å². The van der Waals surface area contributed by atoms with Gasteiger partial charge in [0.1, 0.15) is 22.0 Å². The van der Waals surface area contributed by atoms with Gasteiger partial charge in [0.05, 0.1) is 7.11 Å². The number of ether oxygens (including phenoxy) is 1. The molecule has 1 rings (SSSR count). The maximum absolute atomic E-state index is 12.1. The standard InChI is InChI=1S/C11H15NO8S/c1-5-8(10(14)15)9(6(2)20-5)21(17,18)12-4-7(13)11(16)19-3/h7,12-13H,4H2,1-3H3,(H,14,15). The number of carbonyl (C=O) groups excluding carboxylic acids is 1. The highest BCUT2D eigenvalue weighted by Gasteiger charge is 2.31. The van der Waals surface area contributed by atoms with Crippen molar-refractivity contribution < 1.29 is 37.4 Å². The minimum absolute atomic E-state index is 0.0612. The number of rotatable bonds is 6. The van der Waals surface area contributed by atoms with Gasteiger partial charge in [0.25, 0.3) is 0 Å². The summed E-state index contributed by atoms with van der Waals surface area (Å²) >= 11 is 0. The van der Waals surface area contributed by atoms with Gasteiger partial charge in [-0.2, -0.15) is 0 Å². The van der Waals surface area contributed by atoms with E-state index in [1.54, 1.807) is 0 Å². The first-order valence-electron chi connectivity index (χ1n) is 5.70.